The lowest BCUT2D eigenvalue weighted by atomic mass is 10.0. The van der Waals surface area contributed by atoms with Gasteiger partial charge in [0.2, 0.25) is 18.2 Å². The van der Waals surface area contributed by atoms with Crippen LogP contribution in [0.5, 0.6) is 0 Å². The average Bonchev–Trinajstić information content (AvgIpc) is 2.65. The van der Waals surface area contributed by atoms with Crippen molar-refractivity contribution in [3.05, 3.63) is 36.5 Å². The summed E-state index contributed by atoms with van der Waals surface area (Å²) in [5, 5.41) is 6.20. The number of amides is 3. The molecule has 0 radical (unpaired) electrons. The molecule has 28 heavy (non-hydrogen) atoms. The van der Waals surface area contributed by atoms with Gasteiger partial charge in [-0.3, -0.25) is 19.4 Å². The molecule has 154 valence electrons. The lowest BCUT2D eigenvalue weighted by Gasteiger charge is -2.53. The van der Waals surface area contributed by atoms with Gasteiger partial charge in [-0.15, -0.1) is 0 Å². The molecule has 1 unspecified atom stereocenters. The molecule has 0 spiro atoms. The summed E-state index contributed by atoms with van der Waals surface area (Å²) < 4.78 is 0. The zero-order valence-corrected chi connectivity index (χ0v) is 17.0. The summed E-state index contributed by atoms with van der Waals surface area (Å²) in [6.45, 7) is 7.19. The number of allylic oxidation sites excluding steroid dienone is 3. The fourth-order valence-corrected chi connectivity index (χ4v) is 3.82. The summed E-state index contributed by atoms with van der Waals surface area (Å²) in [4.78, 5) is 41.1. The second-order valence-corrected chi connectivity index (χ2v) is 7.04. The molecule has 0 aromatic heterocycles. The molecule has 2 rings (SSSR count). The highest BCUT2D eigenvalue weighted by molar-refractivity contribution is 5.90. The van der Waals surface area contributed by atoms with Gasteiger partial charge in [0.05, 0.1) is 13.1 Å². The number of likely N-dealkylation sites (N-methyl/N-ethyl adjacent to an activating group) is 1. The SMILES string of the molecule is C=C/C=C(\C=C/C)CN1CC2N(C(=O)CN(C)N2C=O)[C@@H](CCCNC)C1=O. The molecule has 0 bridgehead atoms. The van der Waals surface area contributed by atoms with E-state index in [1.807, 2.05) is 32.2 Å². The Kier molecular flexibility index (Phi) is 7.95. The molecule has 2 saturated heterocycles. The standard InChI is InChI=1S/C20H31N5O3/c1-5-8-16(9-6-2)12-23-13-18-24(15-26)22(4)14-19(27)25(18)17(20(23)28)10-7-11-21-3/h5-6,8-9,15,17-18,21H,1,7,10-14H2,2-4H3/b9-6-,16-8+/t17-,18?/m0/s1. The van der Waals surface area contributed by atoms with Crippen molar-refractivity contribution >= 4 is 18.2 Å². The van der Waals surface area contributed by atoms with Crippen molar-refractivity contribution in [3.8, 4) is 0 Å². The maximum atomic E-state index is 13.3. The van der Waals surface area contributed by atoms with Crippen LogP contribution in [-0.2, 0) is 14.4 Å². The minimum absolute atomic E-state index is 0.0735. The van der Waals surface area contributed by atoms with Gasteiger partial charge in [0.25, 0.3) is 0 Å². The number of hydrogen-bond acceptors (Lipinski definition) is 5. The molecule has 0 saturated carbocycles. The van der Waals surface area contributed by atoms with E-state index in [9.17, 15) is 14.4 Å². The zero-order valence-electron chi connectivity index (χ0n) is 17.0. The molecule has 0 aliphatic carbocycles. The molecule has 1 N–H and O–H groups in total. The van der Waals surface area contributed by atoms with E-state index in [1.165, 1.54) is 5.01 Å². The summed E-state index contributed by atoms with van der Waals surface area (Å²) in [5.74, 6) is -0.195. The van der Waals surface area contributed by atoms with Crippen LogP contribution in [0.25, 0.3) is 0 Å². The Morgan fingerprint density at radius 3 is 2.71 bits per heavy atom. The fraction of sp³-hybridized carbons (Fsp3) is 0.550. The second-order valence-electron chi connectivity index (χ2n) is 7.04. The molecule has 0 aromatic rings. The molecule has 2 atom stereocenters. The Hall–Kier alpha value is -2.45. The predicted molar refractivity (Wildman–Crippen MR) is 108 cm³/mol. The first-order chi connectivity index (χ1) is 13.5. The first-order valence-electron chi connectivity index (χ1n) is 9.62. The molecular formula is C20H31N5O3. The number of nitrogens with zero attached hydrogens (tertiary/aromatic N) is 4. The van der Waals surface area contributed by atoms with Gasteiger partial charge in [-0.2, -0.15) is 0 Å². The van der Waals surface area contributed by atoms with E-state index in [2.05, 4.69) is 11.9 Å². The van der Waals surface area contributed by atoms with E-state index in [0.717, 1.165) is 24.9 Å². The van der Waals surface area contributed by atoms with Gasteiger partial charge in [0, 0.05) is 13.6 Å². The van der Waals surface area contributed by atoms with E-state index in [0.29, 0.717) is 13.0 Å². The summed E-state index contributed by atoms with van der Waals surface area (Å²) in [6, 6.07) is -0.564. The molecule has 2 fully saturated rings. The number of fused-ring (bicyclic) bond motifs is 1. The van der Waals surface area contributed by atoms with Crippen LogP contribution in [0.1, 0.15) is 19.8 Å². The maximum absolute atomic E-state index is 13.3. The Labute approximate surface area is 167 Å². The van der Waals surface area contributed by atoms with Gasteiger partial charge in [0.15, 0.2) is 0 Å². The smallest absolute Gasteiger partial charge is 0.245 e. The zero-order chi connectivity index (χ0) is 20.7. The van der Waals surface area contributed by atoms with E-state index in [4.69, 9.17) is 0 Å². The topological polar surface area (TPSA) is 76.2 Å². The first-order valence-corrected chi connectivity index (χ1v) is 9.62. The lowest BCUT2D eigenvalue weighted by Crippen LogP contribution is -2.74. The van der Waals surface area contributed by atoms with Gasteiger partial charge in [0.1, 0.15) is 12.2 Å². The number of hydrogen-bond donors (Lipinski definition) is 1. The second kappa shape index (κ2) is 10.2. The summed E-state index contributed by atoms with van der Waals surface area (Å²) in [5.41, 5.74) is 0.946. The predicted octanol–water partition coefficient (Wildman–Crippen LogP) is 0.359. The van der Waals surface area contributed by atoms with Gasteiger partial charge in [-0.05, 0) is 38.9 Å². The van der Waals surface area contributed by atoms with Crippen LogP contribution in [0.2, 0.25) is 0 Å². The van der Waals surface area contributed by atoms with Crippen molar-refractivity contribution < 1.29 is 14.4 Å². The third-order valence-corrected chi connectivity index (χ3v) is 5.09. The van der Waals surface area contributed by atoms with Crippen molar-refractivity contribution in [3.63, 3.8) is 0 Å². The average molecular weight is 390 g/mol. The van der Waals surface area contributed by atoms with Crippen molar-refractivity contribution in [2.75, 3.05) is 40.3 Å². The maximum Gasteiger partial charge on any atom is 0.245 e. The Morgan fingerprint density at radius 2 is 2.11 bits per heavy atom. The van der Waals surface area contributed by atoms with E-state index >= 15 is 0 Å². The third kappa shape index (κ3) is 4.69. The fourth-order valence-electron chi connectivity index (χ4n) is 3.82. The molecular weight excluding hydrogens is 358 g/mol. The Morgan fingerprint density at radius 1 is 1.36 bits per heavy atom. The largest absolute Gasteiger partial charge is 0.333 e. The first kappa shape index (κ1) is 21.8. The molecule has 2 aliphatic heterocycles. The summed E-state index contributed by atoms with van der Waals surface area (Å²) >= 11 is 0. The van der Waals surface area contributed by atoms with Crippen LogP contribution in [0.15, 0.2) is 36.5 Å². The highest BCUT2D eigenvalue weighted by atomic mass is 16.2. The van der Waals surface area contributed by atoms with Crippen LogP contribution < -0.4 is 5.32 Å². The van der Waals surface area contributed by atoms with Crippen LogP contribution in [0.4, 0.5) is 0 Å². The molecule has 8 heteroatoms. The lowest BCUT2D eigenvalue weighted by molar-refractivity contribution is -0.196. The van der Waals surface area contributed by atoms with Crippen LogP contribution in [-0.4, -0.2) is 90.5 Å². The molecule has 3 amide bonds. The normalized spacial score (nSPS) is 24.1. The highest BCUT2D eigenvalue weighted by Gasteiger charge is 2.48. The van der Waals surface area contributed by atoms with Crippen LogP contribution >= 0.6 is 0 Å². The van der Waals surface area contributed by atoms with E-state index < -0.39 is 12.2 Å². The van der Waals surface area contributed by atoms with Crippen molar-refractivity contribution in [2.24, 2.45) is 0 Å². The molecule has 8 nitrogen and oxygen atoms in total. The molecule has 2 heterocycles. The number of carbonyl (C=O) groups is 3. The molecule has 2 aliphatic rings. The number of nitrogens with one attached hydrogen (secondary N) is 1. The van der Waals surface area contributed by atoms with Crippen molar-refractivity contribution in [2.45, 2.75) is 32.0 Å². The van der Waals surface area contributed by atoms with E-state index in [-0.39, 0.29) is 24.9 Å². The number of hydrazine groups is 1. The van der Waals surface area contributed by atoms with Gasteiger partial charge in [-0.1, -0.05) is 30.9 Å². The van der Waals surface area contributed by atoms with Crippen molar-refractivity contribution in [1.82, 2.24) is 25.1 Å². The highest BCUT2D eigenvalue weighted by Crippen LogP contribution is 2.27. The minimum atomic E-state index is -0.564. The van der Waals surface area contributed by atoms with Gasteiger partial charge < -0.3 is 15.1 Å². The number of rotatable bonds is 9. The minimum Gasteiger partial charge on any atom is -0.333 e. The summed E-state index contributed by atoms with van der Waals surface area (Å²) in [6.07, 6.45) is 8.97. The van der Waals surface area contributed by atoms with Gasteiger partial charge in [-0.25, -0.2) is 5.01 Å². The third-order valence-electron chi connectivity index (χ3n) is 5.09. The van der Waals surface area contributed by atoms with E-state index in [1.54, 1.807) is 27.9 Å². The summed E-state index contributed by atoms with van der Waals surface area (Å²) in [7, 11) is 3.57. The van der Waals surface area contributed by atoms with Crippen molar-refractivity contribution in [1.29, 1.82) is 0 Å². The number of carbonyl (C=O) groups excluding carboxylic acids is 3. The number of piperazine rings is 1. The van der Waals surface area contributed by atoms with Crippen LogP contribution in [0, 0.1) is 0 Å². The van der Waals surface area contributed by atoms with Crippen LogP contribution in [0.3, 0.4) is 0 Å². The Bertz CT molecular complexity index is 660. The van der Waals surface area contributed by atoms with Gasteiger partial charge >= 0.3 is 0 Å². The molecule has 0 aromatic carbocycles. The monoisotopic (exact) mass is 389 g/mol. The Balaban J connectivity index is 2.34. The quantitative estimate of drug-likeness (QED) is 0.350.